The van der Waals surface area contributed by atoms with Crippen LogP contribution in [0.4, 0.5) is 0 Å². The molecule has 5 N–H and O–H groups in total. The maximum Gasteiger partial charge on any atom is 0.251 e. The zero-order valence-corrected chi connectivity index (χ0v) is 19.3. The smallest absolute Gasteiger partial charge is 0.251 e. The highest BCUT2D eigenvalue weighted by molar-refractivity contribution is 7.90. The number of aliphatic hydroxyl groups is 1. The van der Waals surface area contributed by atoms with Crippen LogP contribution in [0.25, 0.3) is 0 Å². The lowest BCUT2D eigenvalue weighted by Gasteiger charge is -2.25. The average molecular weight is 469 g/mol. The lowest BCUT2D eigenvalue weighted by atomic mass is 10.0. The number of hydrogen-bond donors (Lipinski definition) is 5. The molecule has 0 heterocycles. The summed E-state index contributed by atoms with van der Waals surface area (Å²) in [6.07, 6.45) is 0.0836. The largest absolute Gasteiger partial charge is 0.381 e. The second-order valence-electron chi connectivity index (χ2n) is 7.58. The predicted octanol–water partition coefficient (Wildman–Crippen LogP) is -0.703. The zero-order valence-electron chi connectivity index (χ0n) is 18.5. The molecule has 178 valence electrons. The van der Waals surface area contributed by atoms with Crippen LogP contribution in [0, 0.1) is 7.05 Å². The monoisotopic (exact) mass is 468 g/mol. The topological polar surface area (TPSA) is 154 Å². The molecule has 32 heavy (non-hydrogen) atoms. The van der Waals surface area contributed by atoms with E-state index in [1.54, 1.807) is 13.8 Å². The van der Waals surface area contributed by atoms with Crippen molar-refractivity contribution >= 4 is 27.6 Å². The molecule has 10 nitrogen and oxygen atoms in total. The van der Waals surface area contributed by atoms with Crippen LogP contribution in [0.3, 0.4) is 0 Å². The Morgan fingerprint density at radius 1 is 1.09 bits per heavy atom. The van der Waals surface area contributed by atoms with E-state index >= 15 is 0 Å². The predicted molar refractivity (Wildman–Crippen MR) is 120 cm³/mol. The lowest BCUT2D eigenvalue weighted by Crippen LogP contribution is -2.56. The lowest BCUT2D eigenvalue weighted by molar-refractivity contribution is -0.134. The molecule has 0 fully saturated rings. The molecule has 1 aromatic rings. The van der Waals surface area contributed by atoms with Gasteiger partial charge in [-0.1, -0.05) is 43.7 Å². The third kappa shape index (κ3) is 9.75. The molecule has 0 aliphatic rings. The number of hydrogen-bond acceptors (Lipinski definition) is 7. The molecule has 2 radical (unpaired) electrons. The van der Waals surface area contributed by atoms with Gasteiger partial charge in [0.25, 0.3) is 5.91 Å². The van der Waals surface area contributed by atoms with Gasteiger partial charge in [-0.3, -0.25) is 19.7 Å². The quantitative estimate of drug-likeness (QED) is 0.240. The molecule has 3 amide bonds. The fourth-order valence-electron chi connectivity index (χ4n) is 2.98. The Morgan fingerprint density at radius 2 is 1.72 bits per heavy atom. The van der Waals surface area contributed by atoms with Crippen molar-refractivity contribution in [1.82, 2.24) is 21.3 Å². The highest BCUT2D eigenvalue weighted by Gasteiger charge is 2.30. The van der Waals surface area contributed by atoms with E-state index in [1.807, 2.05) is 30.3 Å². The molecule has 0 spiro atoms. The fourth-order valence-corrected chi connectivity index (χ4v) is 3.83. The summed E-state index contributed by atoms with van der Waals surface area (Å²) in [5, 5.41) is 20.0. The van der Waals surface area contributed by atoms with Crippen LogP contribution in [0.2, 0.25) is 0 Å². The molecular formula is C21H32N4O6S. The molecule has 0 saturated heterocycles. The van der Waals surface area contributed by atoms with Crippen molar-refractivity contribution in [2.24, 2.45) is 0 Å². The first-order valence-corrected chi connectivity index (χ1v) is 12.3. The second kappa shape index (κ2) is 13.1. The van der Waals surface area contributed by atoms with Crippen molar-refractivity contribution in [3.63, 3.8) is 0 Å². The molecule has 0 aliphatic carbocycles. The van der Waals surface area contributed by atoms with Gasteiger partial charge in [0.2, 0.25) is 11.8 Å². The molecule has 1 aromatic carbocycles. The number of nitrogens with one attached hydrogen (secondary N) is 4. The second-order valence-corrected chi connectivity index (χ2v) is 9.76. The Kier molecular flexibility index (Phi) is 11.3. The first kappa shape index (κ1) is 27.5. The number of aliphatic hydroxyl groups excluding tert-OH is 1. The van der Waals surface area contributed by atoms with E-state index in [0.717, 1.165) is 11.8 Å². The van der Waals surface area contributed by atoms with E-state index in [9.17, 15) is 27.9 Å². The Balaban J connectivity index is 2.65. The summed E-state index contributed by atoms with van der Waals surface area (Å²) in [6.45, 7) is 3.23. The summed E-state index contributed by atoms with van der Waals surface area (Å²) in [6, 6.07) is 6.76. The Labute approximate surface area is 189 Å². The van der Waals surface area contributed by atoms with Gasteiger partial charge in [-0.25, -0.2) is 8.42 Å². The molecule has 0 aliphatic heterocycles. The van der Waals surface area contributed by atoms with Crippen LogP contribution in [0.1, 0.15) is 38.3 Å². The molecule has 4 atom stereocenters. The Bertz CT molecular complexity index is 862. The molecular weight excluding hydrogens is 436 g/mol. The van der Waals surface area contributed by atoms with E-state index in [0.29, 0.717) is 6.42 Å². The standard InChI is InChI=1S/C21H32N4O6S/c1-5-9-16(25-20(28)17(22-3)13-32(4,30)31)19(27)21(29)23-12-18(26)24-14(2)15-10-7-6-8-11-15/h3,6-8,10-11,14,16-17,19,22,27H,5,9,12-13H2,1-2,4H3,(H,23,29)(H,24,26)(H,25,28)/t14-,16?,17?,19?/m1/s1. The van der Waals surface area contributed by atoms with Crippen LogP contribution in [-0.2, 0) is 24.2 Å². The third-order valence-corrected chi connectivity index (χ3v) is 5.60. The average Bonchev–Trinajstić information content (AvgIpc) is 2.74. The van der Waals surface area contributed by atoms with Gasteiger partial charge in [0.05, 0.1) is 24.4 Å². The van der Waals surface area contributed by atoms with Gasteiger partial charge in [-0.05, 0) is 18.9 Å². The Morgan fingerprint density at radius 3 is 2.25 bits per heavy atom. The SMILES string of the molecule is [CH]NC(CS(C)(=O)=O)C(=O)NC(CCC)C(O)C(=O)NCC(=O)N[C@H](C)c1ccccc1. The first-order valence-electron chi connectivity index (χ1n) is 10.2. The van der Waals surface area contributed by atoms with Crippen LogP contribution >= 0.6 is 0 Å². The maximum atomic E-state index is 12.4. The van der Waals surface area contributed by atoms with Crippen molar-refractivity contribution in [2.45, 2.75) is 50.9 Å². The number of rotatable bonds is 13. The van der Waals surface area contributed by atoms with Crippen molar-refractivity contribution in [1.29, 1.82) is 0 Å². The van der Waals surface area contributed by atoms with Crippen LogP contribution < -0.4 is 21.3 Å². The molecule has 0 saturated carbocycles. The summed E-state index contributed by atoms with van der Waals surface area (Å²) in [4.78, 5) is 36.8. The highest BCUT2D eigenvalue weighted by Crippen LogP contribution is 2.10. The van der Waals surface area contributed by atoms with Gasteiger partial charge in [-0.2, -0.15) is 0 Å². The van der Waals surface area contributed by atoms with E-state index < -0.39 is 51.5 Å². The van der Waals surface area contributed by atoms with E-state index in [4.69, 9.17) is 7.05 Å². The first-order chi connectivity index (χ1) is 15.0. The van der Waals surface area contributed by atoms with Gasteiger partial charge in [0.15, 0.2) is 6.10 Å². The maximum absolute atomic E-state index is 12.4. The molecule has 3 unspecified atom stereocenters. The van der Waals surface area contributed by atoms with Gasteiger partial charge in [0, 0.05) is 13.3 Å². The summed E-state index contributed by atoms with van der Waals surface area (Å²) < 4.78 is 22.9. The zero-order chi connectivity index (χ0) is 24.3. The number of carbonyl (C=O) groups excluding carboxylic acids is 3. The van der Waals surface area contributed by atoms with Crippen LogP contribution in [0.15, 0.2) is 30.3 Å². The molecule has 11 heteroatoms. The number of benzene rings is 1. The number of carbonyl (C=O) groups is 3. The summed E-state index contributed by atoms with van der Waals surface area (Å²) in [7, 11) is 1.76. The highest BCUT2D eigenvalue weighted by atomic mass is 32.2. The van der Waals surface area contributed by atoms with E-state index in [1.165, 1.54) is 0 Å². The van der Waals surface area contributed by atoms with Crippen LogP contribution in [0.5, 0.6) is 0 Å². The number of sulfone groups is 1. The third-order valence-electron chi connectivity index (χ3n) is 4.66. The van der Waals surface area contributed by atoms with Crippen molar-refractivity contribution in [3.05, 3.63) is 42.9 Å². The van der Waals surface area contributed by atoms with E-state index in [-0.39, 0.29) is 19.0 Å². The van der Waals surface area contributed by atoms with Gasteiger partial charge in [0.1, 0.15) is 15.9 Å². The van der Waals surface area contributed by atoms with Gasteiger partial charge >= 0.3 is 0 Å². The van der Waals surface area contributed by atoms with E-state index in [2.05, 4.69) is 21.3 Å². The summed E-state index contributed by atoms with van der Waals surface area (Å²) >= 11 is 0. The summed E-state index contributed by atoms with van der Waals surface area (Å²) in [5.74, 6) is -2.60. The Hall–Kier alpha value is -2.50. The van der Waals surface area contributed by atoms with Gasteiger partial charge < -0.3 is 21.1 Å². The van der Waals surface area contributed by atoms with Gasteiger partial charge in [-0.15, -0.1) is 0 Å². The van der Waals surface area contributed by atoms with Crippen LogP contribution in [-0.4, -0.2) is 68.0 Å². The molecule has 0 bridgehead atoms. The van der Waals surface area contributed by atoms with Crippen molar-refractivity contribution in [3.8, 4) is 0 Å². The van der Waals surface area contributed by atoms with Crippen molar-refractivity contribution < 1.29 is 27.9 Å². The number of amides is 3. The minimum Gasteiger partial charge on any atom is -0.381 e. The fraction of sp³-hybridized carbons (Fsp3) is 0.524. The minimum absolute atomic E-state index is 0.244. The minimum atomic E-state index is -3.50. The normalized spacial score (nSPS) is 15.2. The molecule has 1 rings (SSSR count). The molecule has 0 aromatic heterocycles. The summed E-state index contributed by atoms with van der Waals surface area (Å²) in [5.41, 5.74) is 0.898. The van der Waals surface area contributed by atoms with Crippen molar-refractivity contribution in [2.75, 3.05) is 18.6 Å².